The molecular formula is C8H9F2N5O3. The summed E-state index contributed by atoms with van der Waals surface area (Å²) in [5.74, 6) is 4.88. The van der Waals surface area contributed by atoms with Gasteiger partial charge in [-0.25, -0.2) is 10.8 Å². The van der Waals surface area contributed by atoms with E-state index in [9.17, 15) is 18.9 Å². The van der Waals surface area contributed by atoms with Crippen LogP contribution in [0.25, 0.3) is 0 Å². The van der Waals surface area contributed by atoms with E-state index < -0.39 is 23.1 Å². The summed E-state index contributed by atoms with van der Waals surface area (Å²) in [6.07, 6.45) is 2.89. The van der Waals surface area contributed by atoms with E-state index >= 15 is 0 Å². The van der Waals surface area contributed by atoms with Crippen LogP contribution < -0.4 is 21.3 Å². The molecule has 0 atom stereocenters. The molecule has 0 aliphatic rings. The monoisotopic (exact) mass is 261 g/mol. The number of alkyl halides is 2. The van der Waals surface area contributed by atoms with Gasteiger partial charge < -0.3 is 10.5 Å². The van der Waals surface area contributed by atoms with Crippen molar-refractivity contribution in [2.45, 2.75) is 6.61 Å². The maximum Gasteiger partial charge on any atom is 0.388 e. The number of hydrogen-bond donors (Lipinski definition) is 2. The predicted molar refractivity (Wildman–Crippen MR) is 57.5 cm³/mol. The Balaban J connectivity index is 3.21. The number of nitrogens with two attached hydrogens (primary N) is 2. The lowest BCUT2D eigenvalue weighted by atomic mass is 10.3. The Kier molecular flexibility index (Phi) is 4.32. The number of nitro groups is 1. The first kappa shape index (κ1) is 13.6. The number of aromatic nitrogens is 1. The van der Waals surface area contributed by atoms with Crippen molar-refractivity contribution in [3.63, 3.8) is 0 Å². The SMILES string of the molecule is N/C=C\N(N)c1cc([N+](=O)[O-])cnc1OC(F)F. The second kappa shape index (κ2) is 5.72. The largest absolute Gasteiger partial charge is 0.415 e. The second-order valence-corrected chi connectivity index (χ2v) is 2.90. The molecule has 8 nitrogen and oxygen atoms in total. The molecule has 1 aromatic heterocycles. The topological polar surface area (TPSA) is 121 Å². The van der Waals surface area contributed by atoms with Gasteiger partial charge in [-0.3, -0.25) is 15.1 Å². The maximum absolute atomic E-state index is 12.1. The predicted octanol–water partition coefficient (Wildman–Crippen LogP) is 0.701. The molecule has 0 saturated heterocycles. The van der Waals surface area contributed by atoms with Gasteiger partial charge in [0.05, 0.1) is 4.92 Å². The summed E-state index contributed by atoms with van der Waals surface area (Å²) in [5, 5.41) is 11.3. The first-order valence-electron chi connectivity index (χ1n) is 4.47. The number of halogens is 2. The van der Waals surface area contributed by atoms with Crippen molar-refractivity contribution in [2.75, 3.05) is 5.01 Å². The minimum absolute atomic E-state index is 0.216. The lowest BCUT2D eigenvalue weighted by Crippen LogP contribution is -2.26. The molecule has 0 fully saturated rings. The van der Waals surface area contributed by atoms with Crippen LogP contribution >= 0.6 is 0 Å². The fraction of sp³-hybridized carbons (Fsp3) is 0.125. The molecule has 18 heavy (non-hydrogen) atoms. The van der Waals surface area contributed by atoms with E-state index in [1.165, 1.54) is 0 Å². The summed E-state index contributed by atoms with van der Waals surface area (Å²) < 4.78 is 28.3. The quantitative estimate of drug-likeness (QED) is 0.454. The van der Waals surface area contributed by atoms with Gasteiger partial charge in [-0.15, -0.1) is 0 Å². The van der Waals surface area contributed by atoms with Crippen molar-refractivity contribution in [3.8, 4) is 5.88 Å². The number of nitrogens with zero attached hydrogens (tertiary/aromatic N) is 3. The standard InChI is InChI=1S/C8H9F2N5O3/c9-8(10)18-7-6(14(12)2-1-11)3-5(4-13-7)15(16)17/h1-4,8H,11-12H2/b2-1-. The van der Waals surface area contributed by atoms with Gasteiger partial charge in [-0.05, 0) is 0 Å². The van der Waals surface area contributed by atoms with Crippen LogP contribution in [0.2, 0.25) is 0 Å². The Labute approximate surface area is 99.6 Å². The summed E-state index contributed by atoms with van der Waals surface area (Å²) in [6, 6.07) is 0.935. The Morgan fingerprint density at radius 2 is 2.28 bits per heavy atom. The van der Waals surface area contributed by atoms with Crippen molar-refractivity contribution in [1.82, 2.24) is 4.98 Å². The van der Waals surface area contributed by atoms with Crippen molar-refractivity contribution in [1.29, 1.82) is 0 Å². The molecule has 0 radical (unpaired) electrons. The van der Waals surface area contributed by atoms with Crippen molar-refractivity contribution < 1.29 is 18.4 Å². The third kappa shape index (κ3) is 3.25. The molecule has 1 heterocycles. The molecule has 1 aromatic rings. The minimum atomic E-state index is -3.13. The zero-order valence-corrected chi connectivity index (χ0v) is 8.86. The smallest absolute Gasteiger partial charge is 0.388 e. The van der Waals surface area contributed by atoms with Crippen molar-refractivity contribution in [2.24, 2.45) is 11.6 Å². The second-order valence-electron chi connectivity index (χ2n) is 2.90. The Bertz CT molecular complexity index is 468. The highest BCUT2D eigenvalue weighted by Crippen LogP contribution is 2.29. The lowest BCUT2D eigenvalue weighted by Gasteiger charge is -2.16. The third-order valence-electron chi connectivity index (χ3n) is 1.75. The molecule has 4 N–H and O–H groups in total. The number of pyridine rings is 1. The molecular weight excluding hydrogens is 252 g/mol. The molecule has 0 spiro atoms. The van der Waals surface area contributed by atoms with Crippen LogP contribution in [-0.4, -0.2) is 16.5 Å². The van der Waals surface area contributed by atoms with E-state index in [1.54, 1.807) is 0 Å². The van der Waals surface area contributed by atoms with E-state index in [2.05, 4.69) is 9.72 Å². The van der Waals surface area contributed by atoms with E-state index in [0.717, 1.165) is 29.7 Å². The molecule has 0 amide bonds. The average Bonchev–Trinajstić information content (AvgIpc) is 2.28. The summed E-state index contributed by atoms with van der Waals surface area (Å²) in [4.78, 5) is 13.2. The zero-order chi connectivity index (χ0) is 13.7. The van der Waals surface area contributed by atoms with Gasteiger partial charge in [0.2, 0.25) is 5.88 Å². The van der Waals surface area contributed by atoms with Crippen LogP contribution in [-0.2, 0) is 0 Å². The zero-order valence-electron chi connectivity index (χ0n) is 8.86. The van der Waals surface area contributed by atoms with Crippen LogP contribution in [0, 0.1) is 10.1 Å². The summed E-state index contributed by atoms with van der Waals surface area (Å²) in [6.45, 7) is -3.13. The molecule has 10 heteroatoms. The highest BCUT2D eigenvalue weighted by Gasteiger charge is 2.18. The third-order valence-corrected chi connectivity index (χ3v) is 1.75. The van der Waals surface area contributed by atoms with Gasteiger partial charge >= 0.3 is 6.61 Å². The van der Waals surface area contributed by atoms with Gasteiger partial charge in [0.25, 0.3) is 5.69 Å². The highest BCUT2D eigenvalue weighted by atomic mass is 19.3. The Morgan fingerprint density at radius 1 is 1.61 bits per heavy atom. The van der Waals surface area contributed by atoms with Crippen LogP contribution in [0.3, 0.4) is 0 Å². The van der Waals surface area contributed by atoms with Crippen LogP contribution in [0.5, 0.6) is 5.88 Å². The molecule has 0 aromatic carbocycles. The van der Waals surface area contributed by atoms with Gasteiger partial charge in [0.1, 0.15) is 11.9 Å². The fourth-order valence-electron chi connectivity index (χ4n) is 1.06. The number of ether oxygens (including phenoxy) is 1. The highest BCUT2D eigenvalue weighted by molar-refractivity contribution is 5.60. The number of hydrogen-bond acceptors (Lipinski definition) is 7. The Morgan fingerprint density at radius 3 is 2.78 bits per heavy atom. The molecule has 98 valence electrons. The van der Waals surface area contributed by atoms with Crippen LogP contribution in [0.1, 0.15) is 0 Å². The fourth-order valence-corrected chi connectivity index (χ4v) is 1.06. The molecule has 0 aliphatic heterocycles. The lowest BCUT2D eigenvalue weighted by molar-refractivity contribution is -0.385. The van der Waals surface area contributed by atoms with Crippen molar-refractivity contribution in [3.05, 3.63) is 34.8 Å². The maximum atomic E-state index is 12.1. The average molecular weight is 261 g/mol. The molecule has 0 bridgehead atoms. The van der Waals surface area contributed by atoms with Crippen LogP contribution in [0.15, 0.2) is 24.7 Å². The van der Waals surface area contributed by atoms with E-state index in [4.69, 9.17) is 11.6 Å². The molecule has 0 saturated carbocycles. The number of hydrazine groups is 1. The molecule has 0 unspecified atom stereocenters. The van der Waals surface area contributed by atoms with Gasteiger partial charge in [0, 0.05) is 18.5 Å². The van der Waals surface area contributed by atoms with Gasteiger partial charge in [0.15, 0.2) is 0 Å². The number of anilines is 1. The van der Waals surface area contributed by atoms with Crippen LogP contribution in [0.4, 0.5) is 20.2 Å². The van der Waals surface area contributed by atoms with Gasteiger partial charge in [-0.1, -0.05) is 0 Å². The first-order valence-corrected chi connectivity index (χ1v) is 4.47. The Hall–Kier alpha value is -2.49. The van der Waals surface area contributed by atoms with E-state index in [0.29, 0.717) is 0 Å². The molecule has 1 rings (SSSR count). The molecule has 0 aliphatic carbocycles. The first-order chi connectivity index (χ1) is 8.45. The van der Waals surface area contributed by atoms with Crippen molar-refractivity contribution >= 4 is 11.4 Å². The van der Waals surface area contributed by atoms with E-state index in [1.807, 2.05) is 0 Å². The summed E-state index contributed by atoms with van der Waals surface area (Å²) in [7, 11) is 0. The summed E-state index contributed by atoms with van der Waals surface area (Å²) >= 11 is 0. The van der Waals surface area contributed by atoms with Gasteiger partial charge in [-0.2, -0.15) is 8.78 Å². The number of rotatable bonds is 5. The minimum Gasteiger partial charge on any atom is -0.415 e. The summed E-state index contributed by atoms with van der Waals surface area (Å²) in [5.41, 5.74) is 4.43. The normalized spacial score (nSPS) is 10.9. The van der Waals surface area contributed by atoms with E-state index in [-0.39, 0.29) is 5.69 Å².